The fraction of sp³-hybridized carbons (Fsp3) is 0.167. The number of rotatable bonds is 2. The molecular weight excluding hydrogens is 416 g/mol. The van der Waals surface area contributed by atoms with E-state index in [1.807, 2.05) is 36.4 Å². The molecule has 1 aromatic heterocycles. The van der Waals surface area contributed by atoms with Crippen LogP contribution in [0.25, 0.3) is 16.5 Å². The van der Waals surface area contributed by atoms with Gasteiger partial charge in [0.05, 0.1) is 17.8 Å². The van der Waals surface area contributed by atoms with Gasteiger partial charge in [-0.3, -0.25) is 9.36 Å². The highest BCUT2D eigenvalue weighted by Gasteiger charge is 2.49. The van der Waals surface area contributed by atoms with Crippen molar-refractivity contribution in [2.24, 2.45) is 0 Å². The molecule has 2 bridgehead atoms. The Labute approximate surface area is 180 Å². The van der Waals surface area contributed by atoms with Crippen LogP contribution in [-0.4, -0.2) is 31.6 Å². The lowest BCUT2D eigenvalue weighted by atomic mass is 10.1. The van der Waals surface area contributed by atoms with Gasteiger partial charge in [-0.25, -0.2) is 18.1 Å². The number of carbonyl (C=O) groups excluding carboxylic acids is 1. The number of hydrogen-bond donors (Lipinski definition) is 1. The zero-order valence-electron chi connectivity index (χ0n) is 16.7. The second kappa shape index (κ2) is 6.53. The lowest BCUT2D eigenvalue weighted by Crippen LogP contribution is -2.37. The lowest BCUT2D eigenvalue weighted by Gasteiger charge is -2.27. The smallest absolute Gasteiger partial charge is 0.336 e. The van der Waals surface area contributed by atoms with Crippen molar-refractivity contribution < 1.29 is 18.7 Å². The molecule has 6 nitrogen and oxygen atoms in total. The molecule has 1 saturated heterocycles. The van der Waals surface area contributed by atoms with Crippen LogP contribution in [0.2, 0.25) is 0 Å². The molecule has 6 rings (SSSR count). The van der Waals surface area contributed by atoms with E-state index < -0.39 is 23.6 Å². The molecule has 2 aliphatic heterocycles. The molecule has 4 aromatic rings. The number of imidazole rings is 1. The fourth-order valence-corrected chi connectivity index (χ4v) is 5.13. The van der Waals surface area contributed by atoms with E-state index in [0.717, 1.165) is 22.9 Å². The van der Waals surface area contributed by atoms with Crippen molar-refractivity contribution in [2.45, 2.75) is 18.5 Å². The predicted octanol–water partition coefficient (Wildman–Crippen LogP) is 3.92. The molecule has 0 radical (unpaired) electrons. The van der Waals surface area contributed by atoms with Gasteiger partial charge in [0.2, 0.25) is 5.88 Å². The summed E-state index contributed by atoms with van der Waals surface area (Å²) in [6, 6.07) is 14.9. The number of halogens is 2. The Kier molecular flexibility index (Phi) is 3.83. The zero-order chi connectivity index (χ0) is 22.1. The second-order valence-electron chi connectivity index (χ2n) is 8.22. The van der Waals surface area contributed by atoms with Crippen molar-refractivity contribution in [3.8, 4) is 11.6 Å². The Hall–Kier alpha value is -3.94. The number of nitrogens with zero attached hydrogens (tertiary/aromatic N) is 3. The first-order chi connectivity index (χ1) is 15.4. The van der Waals surface area contributed by atoms with Gasteiger partial charge in [0, 0.05) is 23.6 Å². The highest BCUT2D eigenvalue weighted by Crippen LogP contribution is 2.49. The normalized spacial score (nSPS) is 19.0. The van der Waals surface area contributed by atoms with E-state index in [9.17, 15) is 23.5 Å². The van der Waals surface area contributed by atoms with Crippen molar-refractivity contribution in [3.63, 3.8) is 0 Å². The summed E-state index contributed by atoms with van der Waals surface area (Å²) < 4.78 is 30.1. The number of likely N-dealkylation sites (tertiary alicyclic amines) is 1. The molecule has 3 heterocycles. The van der Waals surface area contributed by atoms with Crippen LogP contribution in [0.3, 0.4) is 0 Å². The van der Waals surface area contributed by atoms with E-state index in [-0.39, 0.29) is 29.7 Å². The van der Waals surface area contributed by atoms with Crippen LogP contribution in [-0.2, 0) is 0 Å². The molecular formula is C24H17F2N3O3. The van der Waals surface area contributed by atoms with Crippen molar-refractivity contribution >= 4 is 16.7 Å². The van der Waals surface area contributed by atoms with Gasteiger partial charge in [-0.05, 0) is 30.0 Å². The molecule has 2 atom stereocenters. The van der Waals surface area contributed by atoms with Crippen LogP contribution >= 0.6 is 0 Å². The summed E-state index contributed by atoms with van der Waals surface area (Å²) in [6.45, 7) is 0.230. The van der Waals surface area contributed by atoms with E-state index in [2.05, 4.69) is 0 Å². The summed E-state index contributed by atoms with van der Waals surface area (Å²) in [5.41, 5.74) is 0.434. The Balaban J connectivity index is 1.46. The quantitative estimate of drug-likeness (QED) is 0.521. The molecule has 32 heavy (non-hydrogen) atoms. The van der Waals surface area contributed by atoms with E-state index in [1.54, 1.807) is 6.07 Å². The molecule has 3 aromatic carbocycles. The molecule has 1 N–H and O–H groups in total. The van der Waals surface area contributed by atoms with E-state index in [4.69, 9.17) is 0 Å². The first-order valence-electron chi connectivity index (χ1n) is 10.3. The number of aromatic hydroxyl groups is 1. The summed E-state index contributed by atoms with van der Waals surface area (Å²) in [6.07, 6.45) is 0.470. The topological polar surface area (TPSA) is 67.5 Å². The highest BCUT2D eigenvalue weighted by atomic mass is 19.1. The van der Waals surface area contributed by atoms with E-state index in [0.29, 0.717) is 23.9 Å². The lowest BCUT2D eigenvalue weighted by molar-refractivity contribution is 0.0710. The minimum absolute atomic E-state index is 0.100. The van der Waals surface area contributed by atoms with Crippen LogP contribution < -0.4 is 5.69 Å². The van der Waals surface area contributed by atoms with Crippen molar-refractivity contribution in [1.29, 1.82) is 0 Å². The number of hydrogen-bond acceptors (Lipinski definition) is 3. The highest BCUT2D eigenvalue weighted by molar-refractivity contribution is 5.95. The largest absolute Gasteiger partial charge is 0.493 e. The third kappa shape index (κ3) is 2.49. The SMILES string of the molecule is O=C(c1cc(F)cc(F)c1)N1C[C@@H]2C[C@H]1c1c(O)n(-c3cccc4ccccc34)c(=O)n12. The summed E-state index contributed by atoms with van der Waals surface area (Å²) in [4.78, 5) is 27.8. The monoisotopic (exact) mass is 433 g/mol. The van der Waals surface area contributed by atoms with Crippen molar-refractivity contribution in [1.82, 2.24) is 14.0 Å². The first kappa shape index (κ1) is 18.8. The summed E-state index contributed by atoms with van der Waals surface area (Å²) in [5, 5.41) is 12.8. The molecule has 1 fully saturated rings. The minimum atomic E-state index is -0.834. The Bertz CT molecular complexity index is 1460. The van der Waals surface area contributed by atoms with Crippen LogP contribution in [0.4, 0.5) is 8.78 Å². The number of fused-ring (bicyclic) bond motifs is 6. The average Bonchev–Trinajstić information content (AvgIpc) is 3.44. The van der Waals surface area contributed by atoms with Gasteiger partial charge in [-0.2, -0.15) is 0 Å². The van der Waals surface area contributed by atoms with Gasteiger partial charge in [0.1, 0.15) is 17.3 Å². The third-order valence-electron chi connectivity index (χ3n) is 6.44. The minimum Gasteiger partial charge on any atom is -0.493 e. The second-order valence-corrected chi connectivity index (χ2v) is 8.22. The number of amides is 1. The maximum atomic E-state index is 13.6. The van der Waals surface area contributed by atoms with Gasteiger partial charge in [0.15, 0.2) is 0 Å². The molecule has 8 heteroatoms. The summed E-state index contributed by atoms with van der Waals surface area (Å²) in [7, 11) is 0. The Morgan fingerprint density at radius 1 is 1.00 bits per heavy atom. The molecule has 0 aliphatic carbocycles. The molecule has 2 aliphatic rings. The average molecular weight is 433 g/mol. The number of carbonyl (C=O) groups is 1. The van der Waals surface area contributed by atoms with Gasteiger partial charge < -0.3 is 10.0 Å². The summed E-state index contributed by atoms with van der Waals surface area (Å²) >= 11 is 0. The van der Waals surface area contributed by atoms with Gasteiger partial charge in [-0.15, -0.1) is 0 Å². The van der Waals surface area contributed by atoms with Gasteiger partial charge >= 0.3 is 5.69 Å². The van der Waals surface area contributed by atoms with Gasteiger partial charge in [-0.1, -0.05) is 36.4 Å². The summed E-state index contributed by atoms with van der Waals surface area (Å²) in [5.74, 6) is -2.42. The first-order valence-corrected chi connectivity index (χ1v) is 10.3. The van der Waals surface area contributed by atoms with Crippen molar-refractivity contribution in [2.75, 3.05) is 6.54 Å². The van der Waals surface area contributed by atoms with Crippen molar-refractivity contribution in [3.05, 3.63) is 94.0 Å². The molecule has 0 spiro atoms. The maximum Gasteiger partial charge on any atom is 0.336 e. The Morgan fingerprint density at radius 3 is 2.50 bits per heavy atom. The maximum absolute atomic E-state index is 13.6. The van der Waals surface area contributed by atoms with E-state index >= 15 is 0 Å². The molecule has 160 valence electrons. The molecule has 0 saturated carbocycles. The zero-order valence-corrected chi connectivity index (χ0v) is 16.7. The molecule has 0 unspecified atom stereocenters. The van der Waals surface area contributed by atoms with Crippen LogP contribution in [0, 0.1) is 11.6 Å². The molecule has 1 amide bonds. The van der Waals surface area contributed by atoms with Crippen LogP contribution in [0.15, 0.2) is 65.5 Å². The number of aromatic nitrogens is 2. The number of benzene rings is 3. The van der Waals surface area contributed by atoms with Crippen LogP contribution in [0.5, 0.6) is 5.88 Å². The third-order valence-corrected chi connectivity index (χ3v) is 6.44. The van der Waals surface area contributed by atoms with Crippen LogP contribution in [0.1, 0.15) is 34.6 Å². The van der Waals surface area contributed by atoms with Gasteiger partial charge in [0.25, 0.3) is 5.91 Å². The van der Waals surface area contributed by atoms with E-state index in [1.165, 1.54) is 14.0 Å². The fourth-order valence-electron chi connectivity index (χ4n) is 5.13. The predicted molar refractivity (Wildman–Crippen MR) is 113 cm³/mol. The Morgan fingerprint density at radius 2 is 1.72 bits per heavy atom. The standard InChI is InChI=1S/C24H17F2N3O3/c25-15-8-14(9-16(26)10-15)22(30)27-12-17-11-20(27)21-23(31)29(24(32)28(17)21)19-7-3-5-13-4-1-2-6-18(13)19/h1-10,17,20,31H,11-12H2/t17-,20-/m0/s1.